The first-order chi connectivity index (χ1) is 13.0. The second kappa shape index (κ2) is 10.5. The van der Waals surface area contributed by atoms with Gasteiger partial charge in [-0.1, -0.05) is 49.7 Å². The molecule has 0 spiro atoms. The Balaban J connectivity index is 2.07. The lowest BCUT2D eigenvalue weighted by Crippen LogP contribution is -2.32. The molecule has 0 saturated carbocycles. The van der Waals surface area contributed by atoms with Gasteiger partial charge in [-0.2, -0.15) is 0 Å². The quantitative estimate of drug-likeness (QED) is 0.631. The molecule has 1 N–H and O–H groups in total. The van der Waals surface area contributed by atoms with Gasteiger partial charge < -0.3 is 10.2 Å². The van der Waals surface area contributed by atoms with Gasteiger partial charge in [-0.15, -0.1) is 0 Å². The molecule has 0 aromatic heterocycles. The molecule has 4 nitrogen and oxygen atoms in total. The fraction of sp³-hybridized carbons (Fsp3) is 0.273. The van der Waals surface area contributed by atoms with Crippen molar-refractivity contribution in [3.63, 3.8) is 0 Å². The topological polar surface area (TPSA) is 49.4 Å². The molecule has 2 amide bonds. The van der Waals surface area contributed by atoms with Gasteiger partial charge in [-0.3, -0.25) is 9.59 Å². The molecule has 0 atom stereocenters. The van der Waals surface area contributed by atoms with E-state index in [4.69, 9.17) is 11.6 Å². The number of rotatable bonds is 8. The molecule has 0 aliphatic carbocycles. The summed E-state index contributed by atoms with van der Waals surface area (Å²) in [6.07, 6.45) is 4.91. The number of nitrogens with zero attached hydrogens (tertiary/aromatic N) is 1. The Morgan fingerprint density at radius 1 is 1.04 bits per heavy atom. The third kappa shape index (κ3) is 6.26. The summed E-state index contributed by atoms with van der Waals surface area (Å²) >= 11 is 6.08. The zero-order valence-electron chi connectivity index (χ0n) is 15.7. The highest BCUT2D eigenvalue weighted by Gasteiger charge is 2.14. The number of benzene rings is 2. The molecular formula is C22H25ClN2O2. The van der Waals surface area contributed by atoms with Gasteiger partial charge in [-0.25, -0.2) is 0 Å². The molecule has 2 rings (SSSR count). The highest BCUT2D eigenvalue weighted by molar-refractivity contribution is 6.32. The van der Waals surface area contributed by atoms with E-state index in [-0.39, 0.29) is 11.8 Å². The molecule has 0 radical (unpaired) electrons. The summed E-state index contributed by atoms with van der Waals surface area (Å²) in [5, 5.41) is 3.37. The lowest BCUT2D eigenvalue weighted by molar-refractivity contribution is -0.111. The fourth-order valence-corrected chi connectivity index (χ4v) is 2.93. The minimum Gasteiger partial charge on any atom is -0.339 e. The van der Waals surface area contributed by atoms with Crippen LogP contribution in [0.25, 0.3) is 6.08 Å². The summed E-state index contributed by atoms with van der Waals surface area (Å²) in [6, 6.07) is 14.3. The zero-order chi connectivity index (χ0) is 19.6. The predicted molar refractivity (Wildman–Crippen MR) is 112 cm³/mol. The van der Waals surface area contributed by atoms with Gasteiger partial charge in [0.05, 0.1) is 0 Å². The van der Waals surface area contributed by atoms with Crippen molar-refractivity contribution in [3.05, 3.63) is 70.8 Å². The second-order valence-corrected chi connectivity index (χ2v) is 6.62. The van der Waals surface area contributed by atoms with Crippen LogP contribution in [0.3, 0.4) is 0 Å². The first-order valence-corrected chi connectivity index (χ1v) is 9.55. The van der Waals surface area contributed by atoms with Gasteiger partial charge >= 0.3 is 0 Å². The largest absolute Gasteiger partial charge is 0.339 e. The standard InChI is InChI=1S/C22H25ClN2O2/c1-3-14-25(15-4-2)22(27)18-9-7-10-19(16-18)24-21(26)13-12-17-8-5-6-11-20(17)23/h5-13,16H,3-4,14-15H2,1-2H3,(H,24,26)/b13-12+. The van der Waals surface area contributed by atoms with Gasteiger partial charge in [-0.05, 0) is 48.7 Å². The Kier molecular flexibility index (Phi) is 8.08. The van der Waals surface area contributed by atoms with Crippen molar-refractivity contribution >= 4 is 35.2 Å². The fourth-order valence-electron chi connectivity index (χ4n) is 2.73. The van der Waals surface area contributed by atoms with Crippen LogP contribution in [-0.2, 0) is 4.79 Å². The average molecular weight is 385 g/mol. The Bertz CT molecular complexity index is 811. The number of halogens is 1. The van der Waals surface area contributed by atoms with Crippen molar-refractivity contribution in [2.75, 3.05) is 18.4 Å². The summed E-state index contributed by atoms with van der Waals surface area (Å²) in [5.41, 5.74) is 1.93. The van der Waals surface area contributed by atoms with E-state index >= 15 is 0 Å². The average Bonchev–Trinajstić information content (AvgIpc) is 2.67. The van der Waals surface area contributed by atoms with Crippen molar-refractivity contribution < 1.29 is 9.59 Å². The molecule has 2 aromatic rings. The monoisotopic (exact) mass is 384 g/mol. The van der Waals surface area contributed by atoms with Crippen LogP contribution in [0.2, 0.25) is 5.02 Å². The third-order valence-corrected chi connectivity index (χ3v) is 4.32. The van der Waals surface area contributed by atoms with E-state index < -0.39 is 0 Å². The van der Waals surface area contributed by atoms with Crippen LogP contribution in [0.15, 0.2) is 54.6 Å². The van der Waals surface area contributed by atoms with E-state index in [0.29, 0.717) is 16.3 Å². The van der Waals surface area contributed by atoms with Crippen LogP contribution in [0.4, 0.5) is 5.69 Å². The van der Waals surface area contributed by atoms with Gasteiger partial charge in [0.2, 0.25) is 5.91 Å². The predicted octanol–water partition coefficient (Wildman–Crippen LogP) is 5.25. The number of anilines is 1. The summed E-state index contributed by atoms with van der Waals surface area (Å²) < 4.78 is 0. The minimum atomic E-state index is -0.279. The highest BCUT2D eigenvalue weighted by Crippen LogP contribution is 2.17. The normalized spacial score (nSPS) is 10.8. The lowest BCUT2D eigenvalue weighted by atomic mass is 10.1. The Labute approximate surface area is 165 Å². The van der Waals surface area contributed by atoms with Crippen molar-refractivity contribution in [2.24, 2.45) is 0 Å². The molecule has 0 heterocycles. The molecule has 5 heteroatoms. The molecule has 2 aromatic carbocycles. The molecule has 142 valence electrons. The van der Waals surface area contributed by atoms with Gasteiger partial charge in [0, 0.05) is 35.4 Å². The molecule has 27 heavy (non-hydrogen) atoms. The Morgan fingerprint density at radius 2 is 1.74 bits per heavy atom. The number of hydrogen-bond donors (Lipinski definition) is 1. The van der Waals surface area contributed by atoms with Crippen LogP contribution in [-0.4, -0.2) is 29.8 Å². The molecule has 0 saturated heterocycles. The number of nitrogens with one attached hydrogen (secondary N) is 1. The first kappa shape index (κ1) is 20.7. The molecular weight excluding hydrogens is 360 g/mol. The summed E-state index contributed by atoms with van der Waals surface area (Å²) in [7, 11) is 0. The minimum absolute atomic E-state index is 0.0126. The van der Waals surface area contributed by atoms with E-state index in [1.54, 1.807) is 36.4 Å². The molecule has 0 aliphatic heterocycles. The van der Waals surface area contributed by atoms with Gasteiger partial charge in [0.25, 0.3) is 5.91 Å². The zero-order valence-corrected chi connectivity index (χ0v) is 16.5. The van der Waals surface area contributed by atoms with Crippen molar-refractivity contribution in [1.29, 1.82) is 0 Å². The maximum atomic E-state index is 12.7. The molecule has 0 bridgehead atoms. The van der Waals surface area contributed by atoms with Crippen LogP contribution in [0.5, 0.6) is 0 Å². The smallest absolute Gasteiger partial charge is 0.253 e. The molecule has 0 unspecified atom stereocenters. The summed E-state index contributed by atoms with van der Waals surface area (Å²) in [5.74, 6) is -0.292. The number of hydrogen-bond acceptors (Lipinski definition) is 2. The van der Waals surface area contributed by atoms with Gasteiger partial charge in [0.15, 0.2) is 0 Å². The van der Waals surface area contributed by atoms with Gasteiger partial charge in [0.1, 0.15) is 0 Å². The number of amides is 2. The van der Waals surface area contributed by atoms with Crippen molar-refractivity contribution in [1.82, 2.24) is 4.90 Å². The first-order valence-electron chi connectivity index (χ1n) is 9.18. The van der Waals surface area contributed by atoms with E-state index in [1.165, 1.54) is 6.08 Å². The van der Waals surface area contributed by atoms with Crippen LogP contribution in [0.1, 0.15) is 42.6 Å². The molecule has 0 fully saturated rings. The molecule has 0 aliphatic rings. The Hall–Kier alpha value is -2.59. The van der Waals surface area contributed by atoms with Crippen molar-refractivity contribution in [2.45, 2.75) is 26.7 Å². The van der Waals surface area contributed by atoms with Crippen LogP contribution in [0, 0.1) is 0 Å². The SMILES string of the molecule is CCCN(CCC)C(=O)c1cccc(NC(=O)/C=C/c2ccccc2Cl)c1. The van der Waals surface area contributed by atoms with E-state index in [1.807, 2.05) is 23.1 Å². The maximum absolute atomic E-state index is 12.7. The summed E-state index contributed by atoms with van der Waals surface area (Å²) in [6.45, 7) is 5.56. The summed E-state index contributed by atoms with van der Waals surface area (Å²) in [4.78, 5) is 26.7. The lowest BCUT2D eigenvalue weighted by Gasteiger charge is -2.21. The Morgan fingerprint density at radius 3 is 2.41 bits per heavy atom. The van der Waals surface area contributed by atoms with Crippen LogP contribution < -0.4 is 5.32 Å². The second-order valence-electron chi connectivity index (χ2n) is 6.22. The van der Waals surface area contributed by atoms with E-state index in [0.717, 1.165) is 31.5 Å². The number of carbonyl (C=O) groups is 2. The van der Waals surface area contributed by atoms with E-state index in [2.05, 4.69) is 19.2 Å². The van der Waals surface area contributed by atoms with E-state index in [9.17, 15) is 9.59 Å². The number of carbonyl (C=O) groups excluding carboxylic acids is 2. The van der Waals surface area contributed by atoms with Crippen molar-refractivity contribution in [3.8, 4) is 0 Å². The maximum Gasteiger partial charge on any atom is 0.253 e. The van der Waals surface area contributed by atoms with Crippen LogP contribution >= 0.6 is 11.6 Å². The highest BCUT2D eigenvalue weighted by atomic mass is 35.5. The third-order valence-electron chi connectivity index (χ3n) is 3.97.